The Morgan fingerprint density at radius 3 is 2.80 bits per heavy atom. The van der Waals surface area contributed by atoms with E-state index in [2.05, 4.69) is 28.8 Å². The van der Waals surface area contributed by atoms with Gasteiger partial charge in [-0.05, 0) is 51.7 Å². The van der Waals surface area contributed by atoms with Crippen LogP contribution in [0.4, 0.5) is 0 Å². The van der Waals surface area contributed by atoms with Crippen molar-refractivity contribution in [1.29, 1.82) is 0 Å². The Balaban J connectivity index is 2.24. The average Bonchev–Trinajstić information content (AvgIpc) is 2.90. The van der Waals surface area contributed by atoms with E-state index < -0.39 is 0 Å². The second kappa shape index (κ2) is 11.3. The lowest BCUT2D eigenvalue weighted by Gasteiger charge is -2.17. The van der Waals surface area contributed by atoms with Crippen molar-refractivity contribution in [2.24, 2.45) is 4.99 Å². The molecular formula is C15H31N3OS. The van der Waals surface area contributed by atoms with Gasteiger partial charge in [-0.3, -0.25) is 4.99 Å². The van der Waals surface area contributed by atoms with E-state index in [9.17, 15) is 0 Å². The van der Waals surface area contributed by atoms with Crippen LogP contribution in [0.3, 0.4) is 0 Å². The first-order chi connectivity index (χ1) is 9.80. The normalized spacial score (nSPS) is 23.1. The second-order valence-corrected chi connectivity index (χ2v) is 6.46. The monoisotopic (exact) mass is 301 g/mol. The minimum absolute atomic E-state index is 0.596. The minimum atomic E-state index is 0.596. The van der Waals surface area contributed by atoms with E-state index in [1.165, 1.54) is 25.7 Å². The molecule has 5 heteroatoms. The summed E-state index contributed by atoms with van der Waals surface area (Å²) in [6.07, 6.45) is 9.53. The molecular weight excluding hydrogens is 270 g/mol. The van der Waals surface area contributed by atoms with Crippen molar-refractivity contribution in [1.82, 2.24) is 10.6 Å². The van der Waals surface area contributed by atoms with Crippen LogP contribution in [0.1, 0.15) is 45.4 Å². The largest absolute Gasteiger partial charge is 0.385 e. The molecule has 2 unspecified atom stereocenters. The Labute approximate surface area is 128 Å². The minimum Gasteiger partial charge on any atom is -0.385 e. The van der Waals surface area contributed by atoms with Crippen LogP contribution in [0, 0.1) is 0 Å². The van der Waals surface area contributed by atoms with E-state index in [0.717, 1.165) is 43.7 Å². The molecule has 0 aromatic heterocycles. The lowest BCUT2D eigenvalue weighted by Crippen LogP contribution is -2.42. The van der Waals surface area contributed by atoms with Crippen molar-refractivity contribution in [3.63, 3.8) is 0 Å². The highest BCUT2D eigenvalue weighted by Crippen LogP contribution is 2.27. The first-order valence-corrected chi connectivity index (χ1v) is 9.15. The fourth-order valence-corrected chi connectivity index (χ4v) is 3.32. The Bertz CT molecular complexity index is 274. The molecule has 1 fully saturated rings. The number of ether oxygens (including phenoxy) is 1. The molecule has 1 aliphatic carbocycles. The fourth-order valence-electron chi connectivity index (χ4n) is 2.52. The standard InChI is InChI=1S/C15H31N3OS/c1-4-16-15(17-10-6-5-7-11-19-2)18-13-8-9-14(12-13)20-3/h13-14H,4-12H2,1-3H3,(H2,16,17,18). The van der Waals surface area contributed by atoms with Crippen LogP contribution in [0.2, 0.25) is 0 Å². The van der Waals surface area contributed by atoms with Crippen molar-refractivity contribution >= 4 is 17.7 Å². The number of methoxy groups -OCH3 is 1. The number of nitrogens with one attached hydrogen (secondary N) is 2. The van der Waals surface area contributed by atoms with Gasteiger partial charge in [0.2, 0.25) is 0 Å². The highest BCUT2D eigenvalue weighted by atomic mass is 32.2. The topological polar surface area (TPSA) is 45.7 Å². The molecule has 0 saturated heterocycles. The lowest BCUT2D eigenvalue weighted by atomic mass is 10.2. The summed E-state index contributed by atoms with van der Waals surface area (Å²) in [5.41, 5.74) is 0. The summed E-state index contributed by atoms with van der Waals surface area (Å²) in [5.74, 6) is 0.992. The molecule has 20 heavy (non-hydrogen) atoms. The highest BCUT2D eigenvalue weighted by Gasteiger charge is 2.24. The molecule has 0 aromatic rings. The predicted molar refractivity (Wildman–Crippen MR) is 89.8 cm³/mol. The maximum atomic E-state index is 5.05. The zero-order valence-corrected chi connectivity index (χ0v) is 14.1. The van der Waals surface area contributed by atoms with E-state index in [0.29, 0.717) is 6.04 Å². The van der Waals surface area contributed by atoms with Gasteiger partial charge in [-0.1, -0.05) is 0 Å². The molecule has 0 bridgehead atoms. The van der Waals surface area contributed by atoms with Gasteiger partial charge in [-0.2, -0.15) is 11.8 Å². The molecule has 118 valence electrons. The van der Waals surface area contributed by atoms with Gasteiger partial charge in [0.05, 0.1) is 0 Å². The molecule has 2 atom stereocenters. The van der Waals surface area contributed by atoms with Crippen LogP contribution in [-0.4, -0.2) is 50.3 Å². The van der Waals surface area contributed by atoms with Gasteiger partial charge in [0.1, 0.15) is 0 Å². The van der Waals surface area contributed by atoms with Gasteiger partial charge in [0, 0.05) is 38.1 Å². The van der Waals surface area contributed by atoms with Crippen LogP contribution in [-0.2, 0) is 4.74 Å². The number of aliphatic imine (C=N–C) groups is 1. The van der Waals surface area contributed by atoms with E-state index in [-0.39, 0.29) is 0 Å². The molecule has 0 spiro atoms. The summed E-state index contributed by atoms with van der Waals surface area (Å²) in [5, 5.41) is 7.76. The Morgan fingerprint density at radius 2 is 2.15 bits per heavy atom. The number of hydrogen-bond acceptors (Lipinski definition) is 3. The third-order valence-corrected chi connectivity index (χ3v) is 4.77. The number of nitrogens with zero attached hydrogens (tertiary/aromatic N) is 1. The van der Waals surface area contributed by atoms with Crippen molar-refractivity contribution in [2.75, 3.05) is 33.1 Å². The smallest absolute Gasteiger partial charge is 0.191 e. The summed E-state index contributed by atoms with van der Waals surface area (Å²) in [7, 11) is 1.76. The first kappa shape index (κ1) is 17.6. The summed E-state index contributed by atoms with van der Waals surface area (Å²) in [6.45, 7) is 4.81. The number of rotatable bonds is 9. The van der Waals surface area contributed by atoms with Gasteiger partial charge in [0.25, 0.3) is 0 Å². The maximum Gasteiger partial charge on any atom is 0.191 e. The molecule has 1 rings (SSSR count). The molecule has 0 heterocycles. The molecule has 2 N–H and O–H groups in total. The summed E-state index contributed by atoms with van der Waals surface area (Å²) in [6, 6.07) is 0.596. The fraction of sp³-hybridized carbons (Fsp3) is 0.933. The molecule has 1 saturated carbocycles. The molecule has 0 amide bonds. The van der Waals surface area contributed by atoms with Crippen LogP contribution >= 0.6 is 11.8 Å². The van der Waals surface area contributed by atoms with Crippen molar-refractivity contribution < 1.29 is 4.74 Å². The highest BCUT2D eigenvalue weighted by molar-refractivity contribution is 7.99. The average molecular weight is 302 g/mol. The second-order valence-electron chi connectivity index (χ2n) is 5.33. The van der Waals surface area contributed by atoms with Gasteiger partial charge in [-0.15, -0.1) is 0 Å². The number of guanidine groups is 1. The van der Waals surface area contributed by atoms with Crippen molar-refractivity contribution in [3.8, 4) is 0 Å². The number of hydrogen-bond donors (Lipinski definition) is 2. The van der Waals surface area contributed by atoms with E-state index in [4.69, 9.17) is 4.74 Å². The number of unbranched alkanes of at least 4 members (excludes halogenated alkanes) is 2. The van der Waals surface area contributed by atoms with Crippen LogP contribution in [0.5, 0.6) is 0 Å². The molecule has 0 aromatic carbocycles. The maximum absolute atomic E-state index is 5.05. The zero-order chi connectivity index (χ0) is 14.6. The third kappa shape index (κ3) is 7.39. The quantitative estimate of drug-likeness (QED) is 0.390. The van der Waals surface area contributed by atoms with Gasteiger partial charge in [-0.25, -0.2) is 0 Å². The van der Waals surface area contributed by atoms with Crippen LogP contribution in [0.25, 0.3) is 0 Å². The molecule has 0 radical (unpaired) electrons. The lowest BCUT2D eigenvalue weighted by molar-refractivity contribution is 0.192. The van der Waals surface area contributed by atoms with Crippen LogP contribution < -0.4 is 10.6 Å². The predicted octanol–water partition coefficient (Wildman–Crippen LogP) is 2.64. The van der Waals surface area contributed by atoms with Crippen molar-refractivity contribution in [3.05, 3.63) is 0 Å². The Morgan fingerprint density at radius 1 is 1.30 bits per heavy atom. The third-order valence-electron chi connectivity index (χ3n) is 3.68. The number of thioether (sulfide) groups is 1. The molecule has 1 aliphatic rings. The summed E-state index contributed by atoms with van der Waals surface area (Å²) >= 11 is 1.99. The van der Waals surface area contributed by atoms with Crippen LogP contribution in [0.15, 0.2) is 4.99 Å². The Hall–Kier alpha value is -0.420. The SMILES string of the molecule is CCNC(=NCCCCCOC)NC1CCC(SC)C1. The van der Waals surface area contributed by atoms with Gasteiger partial charge >= 0.3 is 0 Å². The van der Waals surface area contributed by atoms with Crippen molar-refractivity contribution in [2.45, 2.75) is 56.7 Å². The zero-order valence-electron chi connectivity index (χ0n) is 13.3. The van der Waals surface area contributed by atoms with E-state index in [1.54, 1.807) is 7.11 Å². The summed E-state index contributed by atoms with van der Waals surface area (Å²) < 4.78 is 5.05. The van der Waals surface area contributed by atoms with E-state index >= 15 is 0 Å². The first-order valence-electron chi connectivity index (χ1n) is 7.86. The summed E-state index contributed by atoms with van der Waals surface area (Å²) in [4.78, 5) is 4.67. The van der Waals surface area contributed by atoms with Gasteiger partial charge in [0.15, 0.2) is 5.96 Å². The Kier molecular flexibility index (Phi) is 9.93. The van der Waals surface area contributed by atoms with Gasteiger partial charge < -0.3 is 15.4 Å². The molecule has 4 nitrogen and oxygen atoms in total. The molecule has 0 aliphatic heterocycles. The van der Waals surface area contributed by atoms with E-state index in [1.807, 2.05) is 11.8 Å².